The van der Waals surface area contributed by atoms with Gasteiger partial charge in [0.25, 0.3) is 0 Å². The van der Waals surface area contributed by atoms with Gasteiger partial charge in [-0.25, -0.2) is 4.98 Å². The molecule has 0 unspecified atom stereocenters. The van der Waals surface area contributed by atoms with Gasteiger partial charge in [0.05, 0.1) is 5.56 Å². The SMILES string of the molecule is Cc1cc(C)c2oc(-c3ccc(N)cc3Br)nc2c1. The molecule has 0 bridgehead atoms. The van der Waals surface area contributed by atoms with Crippen molar-refractivity contribution in [3.63, 3.8) is 0 Å². The van der Waals surface area contributed by atoms with E-state index in [1.165, 1.54) is 5.56 Å². The first-order chi connectivity index (χ1) is 9.04. The number of aryl methyl sites for hydroxylation is 2. The van der Waals surface area contributed by atoms with Gasteiger partial charge in [0.15, 0.2) is 5.58 Å². The fourth-order valence-electron chi connectivity index (χ4n) is 2.20. The van der Waals surface area contributed by atoms with Crippen LogP contribution >= 0.6 is 15.9 Å². The van der Waals surface area contributed by atoms with E-state index in [2.05, 4.69) is 33.9 Å². The molecule has 0 saturated heterocycles. The number of oxazole rings is 1. The molecule has 2 aromatic carbocycles. The third kappa shape index (κ3) is 2.12. The molecule has 0 spiro atoms. The molecule has 0 atom stereocenters. The first-order valence-corrected chi connectivity index (χ1v) is 6.77. The Morgan fingerprint density at radius 3 is 2.68 bits per heavy atom. The van der Waals surface area contributed by atoms with Crippen LogP contribution in [0.3, 0.4) is 0 Å². The second kappa shape index (κ2) is 4.38. The van der Waals surface area contributed by atoms with Crippen LogP contribution in [0.25, 0.3) is 22.6 Å². The minimum absolute atomic E-state index is 0.607. The predicted molar refractivity (Wildman–Crippen MR) is 81.0 cm³/mol. The summed E-state index contributed by atoms with van der Waals surface area (Å²) in [6.07, 6.45) is 0. The molecule has 3 aromatic rings. The van der Waals surface area contributed by atoms with Crippen LogP contribution in [0.2, 0.25) is 0 Å². The molecule has 0 saturated carbocycles. The zero-order valence-corrected chi connectivity index (χ0v) is 12.3. The molecular weight excluding hydrogens is 304 g/mol. The molecule has 3 rings (SSSR count). The maximum absolute atomic E-state index is 5.88. The summed E-state index contributed by atoms with van der Waals surface area (Å²) in [6.45, 7) is 4.09. The highest BCUT2D eigenvalue weighted by molar-refractivity contribution is 9.10. The van der Waals surface area contributed by atoms with Crippen LogP contribution in [0.15, 0.2) is 39.2 Å². The normalized spacial score (nSPS) is 11.1. The Labute approximate surface area is 119 Å². The Balaban J connectivity index is 2.23. The second-order valence-corrected chi connectivity index (χ2v) is 5.54. The van der Waals surface area contributed by atoms with Crippen molar-refractivity contribution >= 4 is 32.7 Å². The molecule has 4 heteroatoms. The molecule has 0 aliphatic carbocycles. The van der Waals surface area contributed by atoms with E-state index in [0.29, 0.717) is 11.6 Å². The van der Waals surface area contributed by atoms with Crippen molar-refractivity contribution in [1.29, 1.82) is 0 Å². The molecular formula is C15H13BrN2O. The molecule has 0 aliphatic heterocycles. The number of nitrogens with zero attached hydrogens (tertiary/aromatic N) is 1. The van der Waals surface area contributed by atoms with Crippen LogP contribution in [0, 0.1) is 13.8 Å². The number of anilines is 1. The van der Waals surface area contributed by atoms with E-state index < -0.39 is 0 Å². The summed E-state index contributed by atoms with van der Waals surface area (Å²) in [5.74, 6) is 0.607. The van der Waals surface area contributed by atoms with Gasteiger partial charge in [-0.1, -0.05) is 6.07 Å². The first-order valence-electron chi connectivity index (χ1n) is 5.98. The minimum Gasteiger partial charge on any atom is -0.436 e. The Bertz CT molecular complexity index is 777. The molecule has 1 aromatic heterocycles. The van der Waals surface area contributed by atoms with Crippen LogP contribution in [-0.2, 0) is 0 Å². The van der Waals surface area contributed by atoms with E-state index in [1.54, 1.807) is 0 Å². The van der Waals surface area contributed by atoms with Crippen LogP contribution in [0.4, 0.5) is 5.69 Å². The minimum atomic E-state index is 0.607. The molecule has 96 valence electrons. The quantitative estimate of drug-likeness (QED) is 0.674. The van der Waals surface area contributed by atoms with Gasteiger partial charge in [-0.15, -0.1) is 0 Å². The molecule has 19 heavy (non-hydrogen) atoms. The van der Waals surface area contributed by atoms with Crippen LogP contribution < -0.4 is 5.73 Å². The third-order valence-electron chi connectivity index (χ3n) is 3.04. The number of halogens is 1. The van der Waals surface area contributed by atoms with Gasteiger partial charge in [-0.05, 0) is 65.2 Å². The summed E-state index contributed by atoms with van der Waals surface area (Å²) >= 11 is 3.49. The third-order valence-corrected chi connectivity index (χ3v) is 3.70. The number of nitrogen functional groups attached to an aromatic ring is 1. The summed E-state index contributed by atoms with van der Waals surface area (Å²) in [5.41, 5.74) is 11.4. The summed E-state index contributed by atoms with van der Waals surface area (Å²) in [4.78, 5) is 4.56. The molecule has 0 amide bonds. The summed E-state index contributed by atoms with van der Waals surface area (Å²) in [5, 5.41) is 0. The predicted octanol–water partition coefficient (Wildman–Crippen LogP) is 4.46. The smallest absolute Gasteiger partial charge is 0.228 e. The van der Waals surface area contributed by atoms with Crippen molar-refractivity contribution in [3.05, 3.63) is 45.9 Å². The lowest BCUT2D eigenvalue weighted by atomic mass is 10.1. The van der Waals surface area contributed by atoms with Gasteiger partial charge >= 0.3 is 0 Å². The van der Waals surface area contributed by atoms with Gasteiger partial charge < -0.3 is 10.2 Å². The zero-order valence-electron chi connectivity index (χ0n) is 10.7. The Kier molecular flexibility index (Phi) is 2.82. The maximum atomic E-state index is 5.88. The van der Waals surface area contributed by atoms with E-state index >= 15 is 0 Å². The molecule has 0 fully saturated rings. The first kappa shape index (κ1) is 12.2. The van der Waals surface area contributed by atoms with Crippen LogP contribution in [0.1, 0.15) is 11.1 Å². The van der Waals surface area contributed by atoms with E-state index in [0.717, 1.165) is 26.7 Å². The van der Waals surface area contributed by atoms with Crippen LogP contribution in [-0.4, -0.2) is 4.98 Å². The molecule has 2 N–H and O–H groups in total. The van der Waals surface area contributed by atoms with E-state index in [9.17, 15) is 0 Å². The summed E-state index contributed by atoms with van der Waals surface area (Å²) in [7, 11) is 0. The van der Waals surface area contributed by atoms with Gasteiger partial charge in [-0.3, -0.25) is 0 Å². The maximum Gasteiger partial charge on any atom is 0.228 e. The van der Waals surface area contributed by atoms with Crippen molar-refractivity contribution in [2.24, 2.45) is 0 Å². The lowest BCUT2D eigenvalue weighted by Gasteiger charge is -2.00. The van der Waals surface area contributed by atoms with Crippen molar-refractivity contribution < 1.29 is 4.42 Å². The Morgan fingerprint density at radius 2 is 1.95 bits per heavy atom. The topological polar surface area (TPSA) is 52.0 Å². The number of fused-ring (bicyclic) bond motifs is 1. The van der Waals surface area contributed by atoms with Gasteiger partial charge in [0, 0.05) is 10.2 Å². The van der Waals surface area contributed by atoms with Gasteiger partial charge in [-0.2, -0.15) is 0 Å². The number of benzene rings is 2. The number of aromatic nitrogens is 1. The average molecular weight is 317 g/mol. The van der Waals surface area contributed by atoms with E-state index in [1.807, 2.05) is 31.2 Å². The fraction of sp³-hybridized carbons (Fsp3) is 0.133. The molecule has 1 heterocycles. The highest BCUT2D eigenvalue weighted by atomic mass is 79.9. The van der Waals surface area contributed by atoms with Gasteiger partial charge in [0.1, 0.15) is 5.52 Å². The highest BCUT2D eigenvalue weighted by Crippen LogP contribution is 2.32. The monoisotopic (exact) mass is 316 g/mol. The zero-order chi connectivity index (χ0) is 13.6. The number of hydrogen-bond acceptors (Lipinski definition) is 3. The average Bonchev–Trinajstić information content (AvgIpc) is 2.72. The van der Waals surface area contributed by atoms with Gasteiger partial charge in [0.2, 0.25) is 5.89 Å². The summed E-state index contributed by atoms with van der Waals surface area (Å²) in [6, 6.07) is 9.72. The molecule has 0 aliphatic rings. The lowest BCUT2D eigenvalue weighted by Crippen LogP contribution is -1.86. The largest absolute Gasteiger partial charge is 0.436 e. The van der Waals surface area contributed by atoms with Crippen LogP contribution in [0.5, 0.6) is 0 Å². The lowest BCUT2D eigenvalue weighted by molar-refractivity contribution is 0.617. The van der Waals surface area contributed by atoms with Crippen molar-refractivity contribution in [2.45, 2.75) is 13.8 Å². The molecule has 3 nitrogen and oxygen atoms in total. The fourth-order valence-corrected chi connectivity index (χ4v) is 2.76. The van der Waals surface area contributed by atoms with Crippen molar-refractivity contribution in [2.75, 3.05) is 5.73 Å². The highest BCUT2D eigenvalue weighted by Gasteiger charge is 2.13. The number of rotatable bonds is 1. The standard InChI is InChI=1S/C15H13BrN2O/c1-8-5-9(2)14-13(6-8)18-15(19-14)11-4-3-10(17)7-12(11)16/h3-7H,17H2,1-2H3. The Hall–Kier alpha value is -1.81. The van der Waals surface area contributed by atoms with E-state index in [4.69, 9.17) is 10.2 Å². The van der Waals surface area contributed by atoms with Crippen molar-refractivity contribution in [1.82, 2.24) is 4.98 Å². The summed E-state index contributed by atoms with van der Waals surface area (Å²) < 4.78 is 6.76. The molecule has 0 radical (unpaired) electrons. The Morgan fingerprint density at radius 1 is 1.16 bits per heavy atom. The number of nitrogens with two attached hydrogens (primary N) is 1. The van der Waals surface area contributed by atoms with Crippen molar-refractivity contribution in [3.8, 4) is 11.5 Å². The second-order valence-electron chi connectivity index (χ2n) is 4.69. The number of hydrogen-bond donors (Lipinski definition) is 1. The van der Waals surface area contributed by atoms with E-state index in [-0.39, 0.29) is 0 Å².